The SMILES string of the molecule is Cc1ccc(C(=O)CCCCCBr)c(C)c1. The van der Waals surface area contributed by atoms with Crippen LogP contribution in [0.2, 0.25) is 0 Å². The standard InChI is InChI=1S/C14H19BrO/c1-11-7-8-13(12(2)10-11)14(16)6-4-3-5-9-15/h7-8,10H,3-6,9H2,1-2H3. The van der Waals surface area contributed by atoms with Crippen molar-refractivity contribution in [1.29, 1.82) is 0 Å². The number of unbranched alkanes of at least 4 members (excludes halogenated alkanes) is 2. The van der Waals surface area contributed by atoms with Crippen LogP contribution < -0.4 is 0 Å². The Bertz CT molecular complexity index is 358. The first-order valence-corrected chi connectivity index (χ1v) is 6.93. The van der Waals surface area contributed by atoms with Gasteiger partial charge in [-0.1, -0.05) is 46.1 Å². The van der Waals surface area contributed by atoms with E-state index in [1.54, 1.807) is 0 Å². The zero-order valence-corrected chi connectivity index (χ0v) is 11.6. The molecule has 0 N–H and O–H groups in total. The Balaban J connectivity index is 2.53. The second-order valence-corrected chi connectivity index (χ2v) is 5.03. The lowest BCUT2D eigenvalue weighted by Gasteiger charge is -2.05. The molecule has 0 radical (unpaired) electrons. The molecule has 0 aromatic heterocycles. The molecule has 0 fully saturated rings. The molecule has 0 unspecified atom stereocenters. The zero-order valence-electron chi connectivity index (χ0n) is 10.1. The van der Waals surface area contributed by atoms with Gasteiger partial charge in [0.15, 0.2) is 5.78 Å². The van der Waals surface area contributed by atoms with Crippen LogP contribution in [-0.2, 0) is 0 Å². The third kappa shape index (κ3) is 4.09. The highest BCUT2D eigenvalue weighted by Gasteiger charge is 2.08. The lowest BCUT2D eigenvalue weighted by atomic mass is 9.99. The zero-order chi connectivity index (χ0) is 12.0. The number of alkyl halides is 1. The molecule has 0 amide bonds. The molecular formula is C14H19BrO. The Morgan fingerprint density at radius 3 is 2.56 bits per heavy atom. The minimum Gasteiger partial charge on any atom is -0.294 e. The van der Waals surface area contributed by atoms with Gasteiger partial charge in [0.2, 0.25) is 0 Å². The number of hydrogen-bond donors (Lipinski definition) is 0. The molecule has 2 heteroatoms. The number of carbonyl (C=O) groups is 1. The maximum Gasteiger partial charge on any atom is 0.163 e. The van der Waals surface area contributed by atoms with Crippen LogP contribution in [-0.4, -0.2) is 11.1 Å². The van der Waals surface area contributed by atoms with E-state index in [-0.39, 0.29) is 5.78 Å². The molecule has 1 aromatic rings. The Labute approximate surface area is 106 Å². The highest BCUT2D eigenvalue weighted by atomic mass is 79.9. The number of ketones is 1. The summed E-state index contributed by atoms with van der Waals surface area (Å²) in [5.74, 6) is 0.284. The molecule has 1 rings (SSSR count). The Hall–Kier alpha value is -0.630. The second-order valence-electron chi connectivity index (χ2n) is 4.24. The van der Waals surface area contributed by atoms with Crippen molar-refractivity contribution in [2.45, 2.75) is 39.5 Å². The van der Waals surface area contributed by atoms with Crippen molar-refractivity contribution in [2.75, 3.05) is 5.33 Å². The summed E-state index contributed by atoms with van der Waals surface area (Å²) in [6.07, 6.45) is 3.96. The maximum absolute atomic E-state index is 11.9. The fourth-order valence-electron chi connectivity index (χ4n) is 1.82. The van der Waals surface area contributed by atoms with Crippen LogP contribution in [0.15, 0.2) is 18.2 Å². The van der Waals surface area contributed by atoms with Crippen LogP contribution in [0.5, 0.6) is 0 Å². The highest BCUT2D eigenvalue weighted by molar-refractivity contribution is 9.09. The van der Waals surface area contributed by atoms with Gasteiger partial charge in [0.25, 0.3) is 0 Å². The molecule has 88 valence electrons. The van der Waals surface area contributed by atoms with E-state index in [2.05, 4.69) is 28.9 Å². The third-order valence-corrected chi connectivity index (χ3v) is 3.28. The summed E-state index contributed by atoms with van der Waals surface area (Å²) >= 11 is 3.40. The van der Waals surface area contributed by atoms with Gasteiger partial charge in [-0.15, -0.1) is 0 Å². The number of carbonyl (C=O) groups excluding carboxylic acids is 1. The van der Waals surface area contributed by atoms with Gasteiger partial charge >= 0.3 is 0 Å². The summed E-state index contributed by atoms with van der Waals surface area (Å²) in [6.45, 7) is 4.07. The van der Waals surface area contributed by atoms with E-state index >= 15 is 0 Å². The van der Waals surface area contributed by atoms with Crippen molar-refractivity contribution < 1.29 is 4.79 Å². The summed E-state index contributed by atoms with van der Waals surface area (Å²) in [6, 6.07) is 6.04. The van der Waals surface area contributed by atoms with Crippen molar-refractivity contribution in [3.8, 4) is 0 Å². The van der Waals surface area contributed by atoms with Crippen molar-refractivity contribution in [3.63, 3.8) is 0 Å². The monoisotopic (exact) mass is 282 g/mol. The largest absolute Gasteiger partial charge is 0.294 e. The predicted octanol–water partition coefficient (Wildman–Crippen LogP) is 4.44. The first-order valence-electron chi connectivity index (χ1n) is 5.81. The van der Waals surface area contributed by atoms with Crippen molar-refractivity contribution in [2.24, 2.45) is 0 Å². The average Bonchev–Trinajstić information content (AvgIpc) is 2.24. The lowest BCUT2D eigenvalue weighted by molar-refractivity contribution is 0.0979. The molecular weight excluding hydrogens is 264 g/mol. The van der Waals surface area contributed by atoms with Gasteiger partial charge in [-0.2, -0.15) is 0 Å². The summed E-state index contributed by atoms with van der Waals surface area (Å²) in [5.41, 5.74) is 3.21. The first kappa shape index (κ1) is 13.4. The molecule has 0 bridgehead atoms. The van der Waals surface area contributed by atoms with Gasteiger partial charge in [-0.25, -0.2) is 0 Å². The van der Waals surface area contributed by atoms with Gasteiger partial charge in [0, 0.05) is 17.3 Å². The highest BCUT2D eigenvalue weighted by Crippen LogP contribution is 2.14. The maximum atomic E-state index is 11.9. The minimum absolute atomic E-state index is 0.284. The normalized spacial score (nSPS) is 10.4. The molecule has 1 nitrogen and oxygen atoms in total. The molecule has 0 saturated heterocycles. The molecule has 0 saturated carbocycles. The van der Waals surface area contributed by atoms with E-state index in [1.807, 2.05) is 19.1 Å². The summed E-state index contributed by atoms with van der Waals surface area (Å²) in [4.78, 5) is 11.9. The lowest BCUT2D eigenvalue weighted by Crippen LogP contribution is -2.02. The van der Waals surface area contributed by atoms with Gasteiger partial charge in [0.05, 0.1) is 0 Å². The quantitative estimate of drug-likeness (QED) is 0.428. The number of aryl methyl sites for hydroxylation is 2. The molecule has 0 atom stereocenters. The number of rotatable bonds is 6. The van der Waals surface area contributed by atoms with Gasteiger partial charge < -0.3 is 0 Å². The van der Waals surface area contributed by atoms with E-state index in [0.29, 0.717) is 6.42 Å². The Morgan fingerprint density at radius 1 is 1.19 bits per heavy atom. The minimum atomic E-state index is 0.284. The smallest absolute Gasteiger partial charge is 0.163 e. The van der Waals surface area contributed by atoms with Crippen molar-refractivity contribution >= 4 is 21.7 Å². The molecule has 0 aliphatic carbocycles. The Morgan fingerprint density at radius 2 is 1.94 bits per heavy atom. The molecule has 0 aliphatic heterocycles. The van der Waals surface area contributed by atoms with Crippen LogP contribution >= 0.6 is 15.9 Å². The number of hydrogen-bond acceptors (Lipinski definition) is 1. The number of halogens is 1. The number of Topliss-reactive ketones (excluding diaryl/α,β-unsaturated/α-hetero) is 1. The second kappa shape index (κ2) is 6.85. The van der Waals surface area contributed by atoms with E-state index in [4.69, 9.17) is 0 Å². The molecule has 0 heterocycles. The van der Waals surface area contributed by atoms with Gasteiger partial charge in [-0.05, 0) is 32.3 Å². The predicted molar refractivity (Wildman–Crippen MR) is 72.5 cm³/mol. The Kier molecular flexibility index (Phi) is 5.75. The van der Waals surface area contributed by atoms with E-state index in [9.17, 15) is 4.79 Å². The van der Waals surface area contributed by atoms with Crippen LogP contribution in [0, 0.1) is 13.8 Å². The molecule has 0 spiro atoms. The van der Waals surface area contributed by atoms with Gasteiger partial charge in [-0.3, -0.25) is 4.79 Å². The van der Waals surface area contributed by atoms with Crippen LogP contribution in [0.3, 0.4) is 0 Å². The van der Waals surface area contributed by atoms with E-state index in [1.165, 1.54) is 5.56 Å². The van der Waals surface area contributed by atoms with Crippen LogP contribution in [0.1, 0.15) is 47.2 Å². The molecule has 16 heavy (non-hydrogen) atoms. The molecule has 1 aromatic carbocycles. The van der Waals surface area contributed by atoms with Crippen LogP contribution in [0.25, 0.3) is 0 Å². The molecule has 0 aliphatic rings. The number of benzene rings is 1. The topological polar surface area (TPSA) is 17.1 Å². The third-order valence-electron chi connectivity index (χ3n) is 2.72. The van der Waals surface area contributed by atoms with E-state index in [0.717, 1.165) is 35.7 Å². The first-order chi connectivity index (χ1) is 7.65. The van der Waals surface area contributed by atoms with Crippen molar-refractivity contribution in [3.05, 3.63) is 34.9 Å². The summed E-state index contributed by atoms with van der Waals surface area (Å²) in [7, 11) is 0. The van der Waals surface area contributed by atoms with Crippen LogP contribution in [0.4, 0.5) is 0 Å². The van der Waals surface area contributed by atoms with Gasteiger partial charge in [0.1, 0.15) is 0 Å². The summed E-state index contributed by atoms with van der Waals surface area (Å²) < 4.78 is 0. The van der Waals surface area contributed by atoms with E-state index < -0.39 is 0 Å². The van der Waals surface area contributed by atoms with Crippen molar-refractivity contribution in [1.82, 2.24) is 0 Å². The summed E-state index contributed by atoms with van der Waals surface area (Å²) in [5, 5.41) is 1.03. The average molecular weight is 283 g/mol. The fraction of sp³-hybridized carbons (Fsp3) is 0.500. The fourth-order valence-corrected chi connectivity index (χ4v) is 2.21.